The number of nitrogens with zero attached hydrogens (tertiary/aromatic N) is 2. The summed E-state index contributed by atoms with van der Waals surface area (Å²) < 4.78 is 5.57. The van der Waals surface area contributed by atoms with Crippen LogP contribution in [0.2, 0.25) is 0 Å². The maximum atomic E-state index is 9.60. The molecule has 6 N–H and O–H groups in total. The van der Waals surface area contributed by atoms with Crippen molar-refractivity contribution in [1.82, 2.24) is 4.98 Å². The van der Waals surface area contributed by atoms with E-state index in [1.807, 2.05) is 6.07 Å². The van der Waals surface area contributed by atoms with Crippen LogP contribution in [0.1, 0.15) is 22.4 Å². The second-order valence-corrected chi connectivity index (χ2v) is 4.74. The fraction of sp³-hybridized carbons (Fsp3) is 0.143. The van der Waals surface area contributed by atoms with Gasteiger partial charge in [0.15, 0.2) is 11.5 Å². The molecule has 106 valence electrons. The maximum absolute atomic E-state index is 9.60. The summed E-state index contributed by atoms with van der Waals surface area (Å²) in [5, 5.41) is 28.2. The molecule has 3 rings (SSSR count). The van der Waals surface area contributed by atoms with Crippen LogP contribution in [0.3, 0.4) is 0 Å². The summed E-state index contributed by atoms with van der Waals surface area (Å²) in [7, 11) is 0. The Kier molecular flexibility index (Phi) is 2.73. The molecule has 7 heteroatoms. The number of hydrogen-bond acceptors (Lipinski definition) is 7. The molecule has 0 spiro atoms. The quantitative estimate of drug-likeness (QED) is 0.529. The monoisotopic (exact) mass is 284 g/mol. The summed E-state index contributed by atoms with van der Waals surface area (Å²) in [6.07, 6.45) is 0.326. The predicted molar refractivity (Wildman–Crippen MR) is 74.7 cm³/mol. The van der Waals surface area contributed by atoms with Crippen molar-refractivity contribution in [3.8, 4) is 23.3 Å². The number of nitriles is 1. The minimum atomic E-state index is -0.266. The van der Waals surface area contributed by atoms with Crippen LogP contribution in [0.5, 0.6) is 17.2 Å². The van der Waals surface area contributed by atoms with E-state index >= 15 is 0 Å². The number of benzene rings is 1. The van der Waals surface area contributed by atoms with Crippen molar-refractivity contribution in [1.29, 1.82) is 5.26 Å². The Morgan fingerprint density at radius 1 is 1.24 bits per heavy atom. The Labute approximate surface area is 120 Å². The Hall–Kier alpha value is -3.14. The molecule has 7 nitrogen and oxygen atoms in total. The second-order valence-electron chi connectivity index (χ2n) is 4.74. The maximum Gasteiger partial charge on any atom is 0.161 e. The van der Waals surface area contributed by atoms with Crippen molar-refractivity contribution in [2.45, 2.75) is 13.0 Å². The van der Waals surface area contributed by atoms with Gasteiger partial charge < -0.3 is 26.4 Å². The highest BCUT2D eigenvalue weighted by molar-refractivity contribution is 5.70. The van der Waals surface area contributed by atoms with E-state index < -0.39 is 0 Å². The smallest absolute Gasteiger partial charge is 0.161 e. The summed E-state index contributed by atoms with van der Waals surface area (Å²) >= 11 is 0. The van der Waals surface area contributed by atoms with E-state index in [0.29, 0.717) is 29.0 Å². The van der Waals surface area contributed by atoms with Crippen molar-refractivity contribution in [3.63, 3.8) is 0 Å². The highest BCUT2D eigenvalue weighted by Gasteiger charge is 2.22. The second kappa shape index (κ2) is 4.45. The number of aromatic nitrogens is 1. The molecule has 0 radical (unpaired) electrons. The van der Waals surface area contributed by atoms with Crippen LogP contribution in [-0.2, 0) is 13.0 Å². The standard InChI is InChI=1S/C14H12N4O3/c15-4-8-13(16)7-1-6-2-10(19)11(20)3-12(6)21-5-9(7)18-14(8)17/h2-3,19-20H,1,5H2,(H4,16,17,18). The fourth-order valence-corrected chi connectivity index (χ4v) is 2.36. The van der Waals surface area contributed by atoms with E-state index in [4.69, 9.17) is 21.5 Å². The van der Waals surface area contributed by atoms with Crippen LogP contribution < -0.4 is 16.2 Å². The van der Waals surface area contributed by atoms with Crippen molar-refractivity contribution >= 4 is 11.5 Å². The van der Waals surface area contributed by atoms with Crippen molar-refractivity contribution in [2.75, 3.05) is 11.5 Å². The Bertz CT molecular complexity index is 796. The van der Waals surface area contributed by atoms with Crippen LogP contribution in [-0.4, -0.2) is 15.2 Å². The molecule has 0 saturated carbocycles. The van der Waals surface area contributed by atoms with Crippen molar-refractivity contribution in [2.24, 2.45) is 0 Å². The normalized spacial score (nSPS) is 12.5. The van der Waals surface area contributed by atoms with Gasteiger partial charge in [0.05, 0.1) is 11.4 Å². The van der Waals surface area contributed by atoms with Gasteiger partial charge in [-0.3, -0.25) is 0 Å². The number of fused-ring (bicyclic) bond motifs is 2. The lowest BCUT2D eigenvalue weighted by atomic mass is 9.99. The first kappa shape index (κ1) is 12.9. The average molecular weight is 284 g/mol. The number of nitrogens with two attached hydrogens (primary N) is 2. The first-order valence-corrected chi connectivity index (χ1v) is 6.15. The third-order valence-corrected chi connectivity index (χ3v) is 3.46. The van der Waals surface area contributed by atoms with Gasteiger partial charge in [0.1, 0.15) is 29.8 Å². The molecule has 0 aliphatic carbocycles. The molecule has 1 aromatic heterocycles. The van der Waals surface area contributed by atoms with Crippen LogP contribution in [0.4, 0.5) is 11.5 Å². The molecule has 1 aliphatic heterocycles. The average Bonchev–Trinajstić information content (AvgIpc) is 2.60. The molecule has 1 aromatic carbocycles. The zero-order valence-corrected chi connectivity index (χ0v) is 10.9. The number of anilines is 2. The molecule has 0 atom stereocenters. The summed E-state index contributed by atoms with van der Waals surface area (Å²) in [5.74, 6) is -0.0186. The van der Waals surface area contributed by atoms with Gasteiger partial charge in [-0.15, -0.1) is 0 Å². The fourth-order valence-electron chi connectivity index (χ4n) is 2.36. The number of rotatable bonds is 0. The van der Waals surface area contributed by atoms with Gasteiger partial charge in [0.25, 0.3) is 0 Å². The lowest BCUT2D eigenvalue weighted by Gasteiger charge is -2.11. The first-order chi connectivity index (χ1) is 10.0. The molecule has 2 aromatic rings. The van der Waals surface area contributed by atoms with E-state index in [2.05, 4.69) is 4.98 Å². The Morgan fingerprint density at radius 2 is 1.95 bits per heavy atom. The molecule has 0 amide bonds. The van der Waals surface area contributed by atoms with Crippen molar-refractivity contribution < 1.29 is 14.9 Å². The molecular weight excluding hydrogens is 272 g/mol. The first-order valence-electron chi connectivity index (χ1n) is 6.15. The number of phenolic OH excluding ortho intramolecular Hbond substituents is 2. The number of ether oxygens (including phenoxy) is 1. The largest absolute Gasteiger partial charge is 0.504 e. The minimum absolute atomic E-state index is 0.0639. The topological polar surface area (TPSA) is 138 Å². The zero-order chi connectivity index (χ0) is 15.1. The third kappa shape index (κ3) is 1.94. The van der Waals surface area contributed by atoms with Gasteiger partial charge in [0, 0.05) is 23.6 Å². The summed E-state index contributed by atoms with van der Waals surface area (Å²) in [4.78, 5) is 4.16. The molecule has 1 aliphatic rings. The third-order valence-electron chi connectivity index (χ3n) is 3.46. The summed E-state index contributed by atoms with van der Waals surface area (Å²) in [6, 6.07) is 4.67. The van der Waals surface area contributed by atoms with Crippen molar-refractivity contribution in [3.05, 3.63) is 34.5 Å². The molecule has 0 bridgehead atoms. The highest BCUT2D eigenvalue weighted by atomic mass is 16.5. The Balaban J connectivity index is 2.19. The van der Waals surface area contributed by atoms with E-state index in [1.54, 1.807) is 0 Å². The van der Waals surface area contributed by atoms with Crippen LogP contribution in [0.25, 0.3) is 0 Å². The summed E-state index contributed by atoms with van der Waals surface area (Å²) in [6.45, 7) is 0.118. The van der Waals surface area contributed by atoms with E-state index in [1.165, 1.54) is 12.1 Å². The molecule has 0 unspecified atom stereocenters. The highest BCUT2D eigenvalue weighted by Crippen LogP contribution is 2.38. The molecular formula is C14H12N4O3. The summed E-state index contributed by atoms with van der Waals surface area (Å²) in [5.41, 5.74) is 13.9. The van der Waals surface area contributed by atoms with Crippen LogP contribution in [0.15, 0.2) is 12.1 Å². The van der Waals surface area contributed by atoms with Gasteiger partial charge in [-0.1, -0.05) is 0 Å². The lowest BCUT2D eigenvalue weighted by molar-refractivity contribution is 0.299. The zero-order valence-electron chi connectivity index (χ0n) is 10.9. The number of nitrogen functional groups attached to an aromatic ring is 2. The number of hydrogen-bond donors (Lipinski definition) is 4. The van der Waals surface area contributed by atoms with Gasteiger partial charge in [0.2, 0.25) is 0 Å². The van der Waals surface area contributed by atoms with Gasteiger partial charge in [-0.05, 0) is 6.07 Å². The van der Waals surface area contributed by atoms with Gasteiger partial charge in [-0.25, -0.2) is 4.98 Å². The van der Waals surface area contributed by atoms with E-state index in [-0.39, 0.29) is 35.2 Å². The molecule has 21 heavy (non-hydrogen) atoms. The van der Waals surface area contributed by atoms with E-state index in [9.17, 15) is 10.2 Å². The van der Waals surface area contributed by atoms with E-state index in [0.717, 1.165) is 0 Å². The lowest BCUT2D eigenvalue weighted by Crippen LogP contribution is -2.09. The molecule has 0 fully saturated rings. The minimum Gasteiger partial charge on any atom is -0.504 e. The molecule has 2 heterocycles. The van der Waals surface area contributed by atoms with Crippen LogP contribution in [0, 0.1) is 11.3 Å². The number of pyridine rings is 1. The van der Waals surface area contributed by atoms with Gasteiger partial charge >= 0.3 is 0 Å². The predicted octanol–water partition coefficient (Wildman–Crippen LogP) is 1.01. The molecule has 0 saturated heterocycles. The van der Waals surface area contributed by atoms with Crippen LogP contribution >= 0.6 is 0 Å². The van der Waals surface area contributed by atoms with Gasteiger partial charge in [-0.2, -0.15) is 5.26 Å². The Morgan fingerprint density at radius 3 is 2.67 bits per heavy atom. The number of phenols is 2. The number of aromatic hydroxyl groups is 2. The SMILES string of the molecule is N#Cc1c(N)nc2c(c1N)Cc1cc(O)c(O)cc1OC2.